The van der Waals surface area contributed by atoms with Crippen molar-refractivity contribution in [1.29, 1.82) is 0 Å². The summed E-state index contributed by atoms with van der Waals surface area (Å²) < 4.78 is 5.77. The summed E-state index contributed by atoms with van der Waals surface area (Å²) in [7, 11) is 0. The summed E-state index contributed by atoms with van der Waals surface area (Å²) in [5.41, 5.74) is 7.88. The van der Waals surface area contributed by atoms with Gasteiger partial charge in [0, 0.05) is 6.54 Å². The number of hydrogen-bond donors (Lipinski definition) is 1. The lowest BCUT2D eigenvalue weighted by Gasteiger charge is -2.09. The Morgan fingerprint density at radius 2 is 1.74 bits per heavy atom. The largest absolute Gasteiger partial charge is 0.456 e. The van der Waals surface area contributed by atoms with Crippen molar-refractivity contribution in [3.05, 3.63) is 58.6 Å². The predicted molar refractivity (Wildman–Crippen MR) is 79.9 cm³/mol. The molecular formula is C16H18ClNO. The average molecular weight is 276 g/mol. The molecule has 0 spiro atoms. The number of rotatable bonds is 5. The maximum atomic E-state index is 6.16. The number of halogens is 1. The van der Waals surface area contributed by atoms with Crippen LogP contribution in [0.3, 0.4) is 0 Å². The molecule has 0 aromatic heterocycles. The highest BCUT2D eigenvalue weighted by Crippen LogP contribution is 2.30. The summed E-state index contributed by atoms with van der Waals surface area (Å²) in [4.78, 5) is 0. The van der Waals surface area contributed by atoms with Crippen molar-refractivity contribution in [2.75, 3.05) is 0 Å². The molecule has 19 heavy (non-hydrogen) atoms. The predicted octanol–water partition coefficient (Wildman–Crippen LogP) is 4.54. The highest BCUT2D eigenvalue weighted by Gasteiger charge is 2.04. The van der Waals surface area contributed by atoms with E-state index in [0.29, 0.717) is 17.3 Å². The molecule has 2 N–H and O–H groups in total. The Kier molecular flexibility index (Phi) is 4.83. The molecule has 2 aromatic rings. The van der Waals surface area contributed by atoms with Gasteiger partial charge in [-0.2, -0.15) is 0 Å². The minimum Gasteiger partial charge on any atom is -0.456 e. The molecule has 2 rings (SSSR count). The van der Waals surface area contributed by atoms with Crippen molar-refractivity contribution < 1.29 is 4.74 Å². The zero-order valence-corrected chi connectivity index (χ0v) is 11.8. The lowest BCUT2D eigenvalue weighted by atomic mass is 10.1. The molecule has 0 saturated heterocycles. The Labute approximate surface area is 119 Å². The maximum absolute atomic E-state index is 6.16. The van der Waals surface area contributed by atoms with Gasteiger partial charge in [-0.25, -0.2) is 0 Å². The van der Waals surface area contributed by atoms with E-state index in [1.165, 1.54) is 5.56 Å². The summed E-state index contributed by atoms with van der Waals surface area (Å²) in [5, 5.41) is 0.584. The van der Waals surface area contributed by atoms with Gasteiger partial charge < -0.3 is 10.5 Å². The minimum absolute atomic E-state index is 0.478. The van der Waals surface area contributed by atoms with Crippen LogP contribution in [0.2, 0.25) is 5.02 Å². The van der Waals surface area contributed by atoms with Gasteiger partial charge in [-0.1, -0.05) is 43.1 Å². The molecule has 0 bridgehead atoms. The van der Waals surface area contributed by atoms with Gasteiger partial charge in [0.05, 0.1) is 5.02 Å². The van der Waals surface area contributed by atoms with Crippen LogP contribution in [-0.4, -0.2) is 0 Å². The van der Waals surface area contributed by atoms with E-state index in [-0.39, 0.29) is 0 Å². The van der Waals surface area contributed by atoms with E-state index in [9.17, 15) is 0 Å². The highest BCUT2D eigenvalue weighted by molar-refractivity contribution is 6.32. The fourth-order valence-corrected chi connectivity index (χ4v) is 2.14. The average Bonchev–Trinajstić information content (AvgIpc) is 2.43. The van der Waals surface area contributed by atoms with Gasteiger partial charge in [0.15, 0.2) is 0 Å². The second-order valence-corrected chi connectivity index (χ2v) is 4.87. The lowest BCUT2D eigenvalue weighted by molar-refractivity contribution is 0.482. The van der Waals surface area contributed by atoms with Gasteiger partial charge in [0.25, 0.3) is 0 Å². The van der Waals surface area contributed by atoms with Crippen molar-refractivity contribution in [2.45, 2.75) is 26.3 Å². The van der Waals surface area contributed by atoms with Crippen molar-refractivity contribution >= 4 is 11.6 Å². The quantitative estimate of drug-likeness (QED) is 0.869. The summed E-state index contributed by atoms with van der Waals surface area (Å²) in [6, 6.07) is 13.7. The van der Waals surface area contributed by atoms with E-state index in [4.69, 9.17) is 22.1 Å². The standard InChI is InChI=1S/C16H18ClNO/c1-2-3-12-4-7-14(8-5-12)19-16-9-6-13(11-18)10-15(16)17/h4-10H,2-3,11,18H2,1H3. The Morgan fingerprint density at radius 3 is 2.32 bits per heavy atom. The number of nitrogens with two attached hydrogens (primary N) is 1. The number of ether oxygens (including phenoxy) is 1. The number of benzene rings is 2. The fraction of sp³-hybridized carbons (Fsp3) is 0.250. The van der Waals surface area contributed by atoms with Gasteiger partial charge in [0.1, 0.15) is 11.5 Å². The molecule has 0 atom stereocenters. The van der Waals surface area contributed by atoms with Crippen LogP contribution in [0.4, 0.5) is 0 Å². The van der Waals surface area contributed by atoms with Crippen LogP contribution in [0.15, 0.2) is 42.5 Å². The molecular weight excluding hydrogens is 258 g/mol. The van der Waals surface area contributed by atoms with Gasteiger partial charge in [-0.3, -0.25) is 0 Å². The smallest absolute Gasteiger partial charge is 0.146 e. The maximum Gasteiger partial charge on any atom is 0.146 e. The first-order chi connectivity index (χ1) is 9.22. The molecule has 0 radical (unpaired) electrons. The van der Waals surface area contributed by atoms with Gasteiger partial charge in [0.2, 0.25) is 0 Å². The number of aryl methyl sites for hydroxylation is 1. The van der Waals surface area contributed by atoms with Crippen LogP contribution in [0, 0.1) is 0 Å². The van der Waals surface area contributed by atoms with E-state index in [0.717, 1.165) is 24.2 Å². The SMILES string of the molecule is CCCc1ccc(Oc2ccc(CN)cc2Cl)cc1. The van der Waals surface area contributed by atoms with Gasteiger partial charge in [-0.15, -0.1) is 0 Å². The van der Waals surface area contributed by atoms with Crippen LogP contribution in [0.1, 0.15) is 24.5 Å². The molecule has 0 heterocycles. The van der Waals surface area contributed by atoms with Crippen LogP contribution in [0.25, 0.3) is 0 Å². The number of hydrogen-bond acceptors (Lipinski definition) is 2. The first-order valence-corrected chi connectivity index (χ1v) is 6.86. The molecule has 0 fully saturated rings. The first kappa shape index (κ1) is 13.9. The van der Waals surface area contributed by atoms with Crippen LogP contribution < -0.4 is 10.5 Å². The monoisotopic (exact) mass is 275 g/mol. The molecule has 2 aromatic carbocycles. The summed E-state index contributed by atoms with van der Waals surface area (Å²) in [6.07, 6.45) is 2.23. The van der Waals surface area contributed by atoms with Crippen molar-refractivity contribution in [2.24, 2.45) is 5.73 Å². The normalized spacial score (nSPS) is 10.5. The van der Waals surface area contributed by atoms with Gasteiger partial charge in [-0.05, 0) is 41.8 Å². The second kappa shape index (κ2) is 6.60. The van der Waals surface area contributed by atoms with E-state index in [1.54, 1.807) is 0 Å². The molecule has 0 aliphatic carbocycles. The topological polar surface area (TPSA) is 35.2 Å². The van der Waals surface area contributed by atoms with E-state index in [1.807, 2.05) is 30.3 Å². The zero-order chi connectivity index (χ0) is 13.7. The molecule has 100 valence electrons. The molecule has 0 amide bonds. The van der Waals surface area contributed by atoms with Crippen molar-refractivity contribution in [3.63, 3.8) is 0 Å². The van der Waals surface area contributed by atoms with E-state index >= 15 is 0 Å². The van der Waals surface area contributed by atoms with Crippen molar-refractivity contribution in [1.82, 2.24) is 0 Å². The highest BCUT2D eigenvalue weighted by atomic mass is 35.5. The minimum atomic E-state index is 0.478. The molecule has 0 aliphatic rings. The zero-order valence-electron chi connectivity index (χ0n) is 11.0. The third-order valence-electron chi connectivity index (χ3n) is 2.92. The van der Waals surface area contributed by atoms with Crippen molar-refractivity contribution in [3.8, 4) is 11.5 Å². The summed E-state index contributed by atoms with van der Waals surface area (Å²) in [6.45, 7) is 2.65. The van der Waals surface area contributed by atoms with Crippen LogP contribution >= 0.6 is 11.6 Å². The molecule has 3 heteroatoms. The Morgan fingerprint density at radius 1 is 1.05 bits per heavy atom. The summed E-state index contributed by atoms with van der Waals surface area (Å²) >= 11 is 6.16. The summed E-state index contributed by atoms with van der Waals surface area (Å²) in [5.74, 6) is 1.45. The Balaban J connectivity index is 2.12. The molecule has 0 aliphatic heterocycles. The van der Waals surface area contributed by atoms with E-state index in [2.05, 4.69) is 19.1 Å². The fourth-order valence-electron chi connectivity index (χ4n) is 1.89. The first-order valence-electron chi connectivity index (χ1n) is 6.48. The van der Waals surface area contributed by atoms with Crippen LogP contribution in [0.5, 0.6) is 11.5 Å². The van der Waals surface area contributed by atoms with Crippen LogP contribution in [-0.2, 0) is 13.0 Å². The Bertz CT molecular complexity index is 537. The Hall–Kier alpha value is -1.51. The van der Waals surface area contributed by atoms with Gasteiger partial charge >= 0.3 is 0 Å². The second-order valence-electron chi connectivity index (χ2n) is 4.46. The molecule has 0 unspecified atom stereocenters. The lowest BCUT2D eigenvalue weighted by Crippen LogP contribution is -1.96. The molecule has 0 saturated carbocycles. The third-order valence-corrected chi connectivity index (χ3v) is 3.22. The third kappa shape index (κ3) is 3.72. The van der Waals surface area contributed by atoms with E-state index < -0.39 is 0 Å². The molecule has 2 nitrogen and oxygen atoms in total.